The van der Waals surface area contributed by atoms with Crippen molar-refractivity contribution in [3.8, 4) is 11.3 Å². The van der Waals surface area contributed by atoms with E-state index in [0.29, 0.717) is 13.0 Å². The zero-order valence-electron chi connectivity index (χ0n) is 14.8. The molecule has 4 nitrogen and oxygen atoms in total. The quantitative estimate of drug-likeness (QED) is 0.807. The summed E-state index contributed by atoms with van der Waals surface area (Å²) in [5.74, 6) is 0.105. The Kier molecular flexibility index (Phi) is 6.52. The van der Waals surface area contributed by atoms with Gasteiger partial charge < -0.3 is 10.4 Å². The molecular formula is C19H26N2O2S. The maximum atomic E-state index is 12.2. The summed E-state index contributed by atoms with van der Waals surface area (Å²) in [6, 6.07) is 8.18. The lowest BCUT2D eigenvalue weighted by Crippen LogP contribution is -2.36. The van der Waals surface area contributed by atoms with Gasteiger partial charge in [-0.15, -0.1) is 11.3 Å². The molecule has 0 aliphatic rings. The molecule has 0 saturated heterocycles. The maximum absolute atomic E-state index is 12.2. The predicted molar refractivity (Wildman–Crippen MR) is 99.2 cm³/mol. The van der Waals surface area contributed by atoms with Crippen LogP contribution in [0.2, 0.25) is 0 Å². The van der Waals surface area contributed by atoms with Crippen LogP contribution in [0.4, 0.5) is 0 Å². The minimum atomic E-state index is -0.501. The average molecular weight is 346 g/mol. The molecule has 0 radical (unpaired) electrons. The fourth-order valence-corrected chi connectivity index (χ4v) is 3.38. The van der Waals surface area contributed by atoms with Crippen molar-refractivity contribution >= 4 is 17.2 Å². The molecule has 1 aromatic carbocycles. The van der Waals surface area contributed by atoms with Gasteiger partial charge in [0.25, 0.3) is 0 Å². The molecule has 0 saturated carbocycles. The number of aliphatic hydroxyl groups is 1. The molecule has 1 amide bonds. The van der Waals surface area contributed by atoms with Crippen LogP contribution < -0.4 is 5.32 Å². The molecule has 24 heavy (non-hydrogen) atoms. The number of aromatic nitrogens is 1. The lowest BCUT2D eigenvalue weighted by atomic mass is 10.0. The van der Waals surface area contributed by atoms with Gasteiger partial charge in [-0.25, -0.2) is 4.98 Å². The number of carbonyl (C=O) groups is 1. The van der Waals surface area contributed by atoms with Crippen LogP contribution in [0.5, 0.6) is 0 Å². The normalized spacial score (nSPS) is 13.5. The molecule has 2 unspecified atom stereocenters. The van der Waals surface area contributed by atoms with E-state index in [9.17, 15) is 9.90 Å². The van der Waals surface area contributed by atoms with Gasteiger partial charge in [0, 0.05) is 17.0 Å². The Labute approximate surface area is 148 Å². The Morgan fingerprint density at radius 3 is 2.58 bits per heavy atom. The van der Waals surface area contributed by atoms with Gasteiger partial charge >= 0.3 is 0 Å². The summed E-state index contributed by atoms with van der Waals surface area (Å²) in [5.41, 5.74) is 3.12. The van der Waals surface area contributed by atoms with Crippen LogP contribution >= 0.6 is 11.3 Å². The number of nitrogens with one attached hydrogen (secondary N) is 1. The molecule has 0 fully saturated rings. The van der Waals surface area contributed by atoms with Crippen molar-refractivity contribution in [2.24, 2.45) is 5.92 Å². The van der Waals surface area contributed by atoms with E-state index in [1.54, 1.807) is 11.3 Å². The summed E-state index contributed by atoms with van der Waals surface area (Å²) in [5, 5.41) is 13.8. The standard InChI is InChI=1S/C19H26N2O2S/c1-5-13(3)16(22)11-20-18(23)10-17-19(21-14(4)24-17)15-8-6-12(2)7-9-15/h6-9,13,16,22H,5,10-11H2,1-4H3,(H,20,23). The molecule has 2 N–H and O–H groups in total. The Morgan fingerprint density at radius 2 is 1.96 bits per heavy atom. The zero-order valence-corrected chi connectivity index (χ0v) is 15.6. The molecule has 130 valence electrons. The number of hydrogen-bond donors (Lipinski definition) is 2. The third-order valence-electron chi connectivity index (χ3n) is 4.26. The monoisotopic (exact) mass is 346 g/mol. The number of hydrogen-bond acceptors (Lipinski definition) is 4. The topological polar surface area (TPSA) is 62.2 Å². The van der Waals surface area contributed by atoms with Crippen molar-refractivity contribution in [3.63, 3.8) is 0 Å². The molecule has 2 rings (SSSR count). The molecule has 2 aromatic rings. The summed E-state index contributed by atoms with van der Waals surface area (Å²) in [6.07, 6.45) is 0.684. The van der Waals surface area contributed by atoms with Crippen molar-refractivity contribution < 1.29 is 9.90 Å². The first-order valence-electron chi connectivity index (χ1n) is 8.38. The van der Waals surface area contributed by atoms with E-state index in [1.807, 2.05) is 39.8 Å². The van der Waals surface area contributed by atoms with Gasteiger partial charge in [-0.1, -0.05) is 50.1 Å². The van der Waals surface area contributed by atoms with Crippen LogP contribution in [0, 0.1) is 19.8 Å². The predicted octanol–water partition coefficient (Wildman–Crippen LogP) is 3.49. The smallest absolute Gasteiger partial charge is 0.225 e. The third-order valence-corrected chi connectivity index (χ3v) is 5.23. The SMILES string of the molecule is CCC(C)C(O)CNC(=O)Cc1sc(C)nc1-c1ccc(C)cc1. The lowest BCUT2D eigenvalue weighted by Gasteiger charge is -2.17. The molecule has 0 aliphatic heterocycles. The highest BCUT2D eigenvalue weighted by atomic mass is 32.1. The number of rotatable bonds is 7. The number of nitrogens with zero attached hydrogens (tertiary/aromatic N) is 1. The van der Waals surface area contributed by atoms with Crippen LogP contribution in [0.1, 0.15) is 35.7 Å². The molecule has 0 aliphatic carbocycles. The number of aliphatic hydroxyl groups excluding tert-OH is 1. The van der Waals surface area contributed by atoms with Crippen molar-refractivity contribution in [1.29, 1.82) is 0 Å². The fourth-order valence-electron chi connectivity index (χ4n) is 2.43. The second kappa shape index (κ2) is 8.40. The largest absolute Gasteiger partial charge is 0.391 e. The molecule has 5 heteroatoms. The molecule has 0 bridgehead atoms. The first-order chi connectivity index (χ1) is 11.4. The van der Waals surface area contributed by atoms with Gasteiger partial charge in [0.15, 0.2) is 0 Å². The summed E-state index contributed by atoms with van der Waals surface area (Å²) < 4.78 is 0. The van der Waals surface area contributed by atoms with Gasteiger partial charge in [-0.05, 0) is 19.8 Å². The van der Waals surface area contributed by atoms with Crippen LogP contribution in [-0.4, -0.2) is 28.6 Å². The Bertz CT molecular complexity index is 679. The van der Waals surface area contributed by atoms with E-state index in [0.717, 1.165) is 27.6 Å². The van der Waals surface area contributed by atoms with Crippen molar-refractivity contribution in [2.45, 2.75) is 46.6 Å². The van der Waals surface area contributed by atoms with Crippen molar-refractivity contribution in [3.05, 3.63) is 39.7 Å². The van der Waals surface area contributed by atoms with Gasteiger partial charge in [0.2, 0.25) is 5.91 Å². The third kappa shape index (κ3) is 4.89. The van der Waals surface area contributed by atoms with E-state index in [2.05, 4.69) is 22.4 Å². The number of aryl methyl sites for hydroxylation is 2. The van der Waals surface area contributed by atoms with Gasteiger partial charge in [-0.2, -0.15) is 0 Å². The molecule has 2 atom stereocenters. The number of amides is 1. The highest BCUT2D eigenvalue weighted by Gasteiger charge is 2.17. The Morgan fingerprint density at radius 1 is 1.29 bits per heavy atom. The van der Waals surface area contributed by atoms with E-state index in [1.165, 1.54) is 5.56 Å². The first-order valence-corrected chi connectivity index (χ1v) is 9.20. The second-order valence-electron chi connectivity index (χ2n) is 6.30. The van der Waals surface area contributed by atoms with Crippen LogP contribution in [-0.2, 0) is 11.2 Å². The summed E-state index contributed by atoms with van der Waals surface area (Å²) in [7, 11) is 0. The molecular weight excluding hydrogens is 320 g/mol. The van der Waals surface area contributed by atoms with E-state index >= 15 is 0 Å². The first kappa shape index (κ1) is 18.6. The highest BCUT2D eigenvalue weighted by Crippen LogP contribution is 2.28. The number of carbonyl (C=O) groups excluding carboxylic acids is 1. The van der Waals surface area contributed by atoms with Crippen LogP contribution in [0.25, 0.3) is 11.3 Å². The van der Waals surface area contributed by atoms with Crippen molar-refractivity contribution in [1.82, 2.24) is 10.3 Å². The number of benzene rings is 1. The van der Waals surface area contributed by atoms with Gasteiger partial charge in [0.1, 0.15) is 0 Å². The van der Waals surface area contributed by atoms with Gasteiger partial charge in [-0.3, -0.25) is 4.79 Å². The van der Waals surface area contributed by atoms with E-state index in [4.69, 9.17) is 0 Å². The molecule has 1 aromatic heterocycles. The van der Waals surface area contributed by atoms with Gasteiger partial charge in [0.05, 0.1) is 23.2 Å². The van der Waals surface area contributed by atoms with E-state index < -0.39 is 6.10 Å². The summed E-state index contributed by atoms with van der Waals surface area (Å²) in [6.45, 7) is 8.32. The minimum Gasteiger partial charge on any atom is -0.391 e. The Balaban J connectivity index is 2.05. The minimum absolute atomic E-state index is 0.0747. The summed E-state index contributed by atoms with van der Waals surface area (Å²) >= 11 is 1.55. The average Bonchev–Trinajstić information content (AvgIpc) is 2.92. The van der Waals surface area contributed by atoms with Crippen molar-refractivity contribution in [2.75, 3.05) is 6.54 Å². The lowest BCUT2D eigenvalue weighted by molar-refractivity contribution is -0.121. The summed E-state index contributed by atoms with van der Waals surface area (Å²) in [4.78, 5) is 17.8. The molecule has 1 heterocycles. The second-order valence-corrected chi connectivity index (χ2v) is 7.59. The highest BCUT2D eigenvalue weighted by molar-refractivity contribution is 7.12. The molecule has 0 spiro atoms. The van der Waals surface area contributed by atoms with Crippen LogP contribution in [0.3, 0.4) is 0 Å². The van der Waals surface area contributed by atoms with E-state index in [-0.39, 0.29) is 11.8 Å². The van der Waals surface area contributed by atoms with Crippen LogP contribution in [0.15, 0.2) is 24.3 Å². The fraction of sp³-hybridized carbons (Fsp3) is 0.474. The number of thiazole rings is 1. The Hall–Kier alpha value is -1.72. The zero-order chi connectivity index (χ0) is 17.7. The maximum Gasteiger partial charge on any atom is 0.225 e.